The number of nitrogens with one attached hydrogen (secondary N) is 1. The third-order valence-electron chi connectivity index (χ3n) is 4.80. The van der Waals surface area contributed by atoms with E-state index in [0.29, 0.717) is 21.7 Å². The Hall–Kier alpha value is -3.96. The maximum atomic E-state index is 14.1. The molecule has 1 aromatic heterocycles. The average molecular weight is 454 g/mol. The van der Waals surface area contributed by atoms with Crippen molar-refractivity contribution < 1.29 is 18.7 Å². The molecule has 162 valence electrons. The highest BCUT2D eigenvalue weighted by Gasteiger charge is 2.19. The van der Waals surface area contributed by atoms with Gasteiger partial charge in [0.15, 0.2) is 0 Å². The molecule has 0 saturated carbocycles. The molecule has 3 aromatic rings. The predicted molar refractivity (Wildman–Crippen MR) is 117 cm³/mol. The van der Waals surface area contributed by atoms with Crippen LogP contribution in [0.1, 0.15) is 28.9 Å². The number of carbonyl (C=O) groups excluding carboxylic acids is 2. The number of halogens is 2. The molecule has 0 spiro atoms. The van der Waals surface area contributed by atoms with E-state index in [-0.39, 0.29) is 11.3 Å². The van der Waals surface area contributed by atoms with Crippen molar-refractivity contribution in [2.45, 2.75) is 13.0 Å². The first-order valence-electron chi connectivity index (χ1n) is 9.36. The van der Waals surface area contributed by atoms with E-state index in [1.807, 2.05) is 0 Å². The van der Waals surface area contributed by atoms with Crippen LogP contribution in [0.2, 0.25) is 5.02 Å². The second-order valence-electron chi connectivity index (χ2n) is 6.81. The summed E-state index contributed by atoms with van der Waals surface area (Å²) >= 11 is 6.01. The third-order valence-corrected chi connectivity index (χ3v) is 5.03. The number of nitriles is 1. The zero-order valence-corrected chi connectivity index (χ0v) is 17.8. The minimum absolute atomic E-state index is 0.120. The van der Waals surface area contributed by atoms with Crippen molar-refractivity contribution in [2.75, 3.05) is 12.4 Å². The summed E-state index contributed by atoms with van der Waals surface area (Å²) in [7, 11) is 1.13. The Morgan fingerprint density at radius 3 is 2.56 bits per heavy atom. The molecule has 2 aromatic carbocycles. The van der Waals surface area contributed by atoms with Crippen molar-refractivity contribution in [1.29, 1.82) is 5.26 Å². The van der Waals surface area contributed by atoms with Crippen LogP contribution in [0.5, 0.6) is 0 Å². The highest BCUT2D eigenvalue weighted by molar-refractivity contribution is 6.30. The molecule has 9 heteroatoms. The van der Waals surface area contributed by atoms with Crippen LogP contribution in [0.4, 0.5) is 10.1 Å². The fraction of sp³-hybridized carbons (Fsp3) is 0.130. The Balaban J connectivity index is 1.83. The highest BCUT2D eigenvalue weighted by atomic mass is 35.5. The molecular weight excluding hydrogens is 437 g/mol. The molecule has 1 heterocycles. The van der Waals surface area contributed by atoms with E-state index in [1.165, 1.54) is 35.9 Å². The molecule has 0 fully saturated rings. The zero-order valence-electron chi connectivity index (χ0n) is 17.1. The lowest BCUT2D eigenvalue weighted by Crippen LogP contribution is -2.31. The van der Waals surface area contributed by atoms with E-state index in [4.69, 9.17) is 11.6 Å². The van der Waals surface area contributed by atoms with Crippen molar-refractivity contribution >= 4 is 29.2 Å². The normalized spacial score (nSPS) is 11.3. The van der Waals surface area contributed by atoms with Crippen molar-refractivity contribution in [1.82, 2.24) is 4.57 Å². The number of benzene rings is 2. The van der Waals surface area contributed by atoms with Crippen molar-refractivity contribution in [3.05, 3.63) is 87.0 Å². The Kier molecular flexibility index (Phi) is 6.71. The largest absolute Gasteiger partial charge is 0.465 e. The maximum Gasteiger partial charge on any atom is 0.340 e. The standard InChI is InChI=1S/C23H17ClFN3O4/c1-13(22(30)27-17-5-6-18(20(25)11-17)23(31)32-2)28-8-7-14(9-21(28)29)19-10-16(24)4-3-15(19)12-26/h3-11,13H,1-2H3,(H,27,30). The number of aromatic nitrogens is 1. The molecule has 7 nitrogen and oxygen atoms in total. The molecule has 0 radical (unpaired) electrons. The number of amides is 1. The van der Waals surface area contributed by atoms with Crippen LogP contribution < -0.4 is 10.9 Å². The van der Waals surface area contributed by atoms with Gasteiger partial charge in [0.05, 0.1) is 24.3 Å². The topological polar surface area (TPSA) is 101 Å². The monoisotopic (exact) mass is 453 g/mol. The Bertz CT molecular complexity index is 1310. The van der Waals surface area contributed by atoms with Crippen molar-refractivity contribution in [3.8, 4) is 17.2 Å². The highest BCUT2D eigenvalue weighted by Crippen LogP contribution is 2.26. The van der Waals surface area contributed by atoms with Crippen LogP contribution in [0.3, 0.4) is 0 Å². The molecule has 0 aliphatic heterocycles. The lowest BCUT2D eigenvalue weighted by molar-refractivity contribution is -0.118. The predicted octanol–water partition coefficient (Wildman–Crippen LogP) is 4.17. The van der Waals surface area contributed by atoms with Gasteiger partial charge in [-0.25, -0.2) is 9.18 Å². The van der Waals surface area contributed by atoms with Gasteiger partial charge in [-0.3, -0.25) is 9.59 Å². The lowest BCUT2D eigenvalue weighted by atomic mass is 10.0. The number of esters is 1. The van der Waals surface area contributed by atoms with Crippen molar-refractivity contribution in [3.63, 3.8) is 0 Å². The number of rotatable bonds is 5. The summed E-state index contributed by atoms with van der Waals surface area (Å²) in [5.74, 6) is -2.25. The molecule has 32 heavy (non-hydrogen) atoms. The van der Waals surface area contributed by atoms with E-state index in [2.05, 4.69) is 16.1 Å². The number of methoxy groups -OCH3 is 1. The number of hydrogen-bond donors (Lipinski definition) is 1. The van der Waals surface area contributed by atoms with Crippen LogP contribution in [0.15, 0.2) is 59.5 Å². The van der Waals surface area contributed by atoms with Gasteiger partial charge in [-0.1, -0.05) is 11.6 Å². The Labute approximate surface area is 187 Å². The average Bonchev–Trinajstić information content (AvgIpc) is 2.78. The fourth-order valence-electron chi connectivity index (χ4n) is 3.07. The van der Waals surface area contributed by atoms with Crippen LogP contribution >= 0.6 is 11.6 Å². The smallest absolute Gasteiger partial charge is 0.340 e. The van der Waals surface area contributed by atoms with Gasteiger partial charge in [-0.2, -0.15) is 5.26 Å². The van der Waals surface area contributed by atoms with Crippen molar-refractivity contribution in [2.24, 2.45) is 0 Å². The number of anilines is 1. The van der Waals surface area contributed by atoms with Gasteiger partial charge in [-0.15, -0.1) is 0 Å². The number of carbonyl (C=O) groups is 2. The number of nitrogens with zero attached hydrogens (tertiary/aromatic N) is 2. The minimum Gasteiger partial charge on any atom is -0.465 e. The van der Waals surface area contributed by atoms with E-state index in [1.54, 1.807) is 24.3 Å². The van der Waals surface area contributed by atoms with Gasteiger partial charge in [0.1, 0.15) is 11.9 Å². The molecule has 1 N–H and O–H groups in total. The van der Waals surface area contributed by atoms with Gasteiger partial charge in [-0.05, 0) is 55.0 Å². The molecule has 0 aliphatic rings. The molecule has 0 saturated heterocycles. The van der Waals surface area contributed by atoms with Gasteiger partial charge in [0.2, 0.25) is 5.91 Å². The number of ether oxygens (including phenoxy) is 1. The van der Waals surface area contributed by atoms with Gasteiger partial charge >= 0.3 is 5.97 Å². The molecular formula is C23H17ClFN3O4. The summed E-state index contributed by atoms with van der Waals surface area (Å²) in [6.07, 6.45) is 1.44. The van der Waals surface area contributed by atoms with Gasteiger partial charge in [0.25, 0.3) is 5.56 Å². The molecule has 1 unspecified atom stereocenters. The number of pyridine rings is 1. The fourth-order valence-corrected chi connectivity index (χ4v) is 3.24. The SMILES string of the molecule is COC(=O)c1ccc(NC(=O)C(C)n2ccc(-c3cc(Cl)ccc3C#N)cc2=O)cc1F. The van der Waals surface area contributed by atoms with Gasteiger partial charge in [0, 0.05) is 28.5 Å². The number of hydrogen-bond acceptors (Lipinski definition) is 5. The quantitative estimate of drug-likeness (QED) is 0.584. The summed E-state index contributed by atoms with van der Waals surface area (Å²) < 4.78 is 19.8. The zero-order chi connectivity index (χ0) is 23.4. The third kappa shape index (κ3) is 4.68. The Morgan fingerprint density at radius 2 is 1.94 bits per heavy atom. The first-order chi connectivity index (χ1) is 15.2. The summed E-state index contributed by atoms with van der Waals surface area (Å²) in [5.41, 5.74) is 0.731. The molecule has 1 atom stereocenters. The van der Waals surface area contributed by atoms with Crippen LogP contribution in [0.25, 0.3) is 11.1 Å². The molecule has 0 bridgehead atoms. The first kappa shape index (κ1) is 22.7. The lowest BCUT2D eigenvalue weighted by Gasteiger charge is -2.16. The summed E-state index contributed by atoms with van der Waals surface area (Å²) in [6.45, 7) is 1.51. The van der Waals surface area contributed by atoms with Crippen LogP contribution in [0, 0.1) is 17.1 Å². The van der Waals surface area contributed by atoms with Crippen LogP contribution in [-0.4, -0.2) is 23.6 Å². The van der Waals surface area contributed by atoms with Crippen LogP contribution in [-0.2, 0) is 9.53 Å². The van der Waals surface area contributed by atoms with E-state index < -0.39 is 29.3 Å². The maximum absolute atomic E-state index is 14.1. The summed E-state index contributed by atoms with van der Waals surface area (Å²) in [4.78, 5) is 36.7. The van der Waals surface area contributed by atoms with E-state index >= 15 is 0 Å². The second-order valence-corrected chi connectivity index (χ2v) is 7.25. The Morgan fingerprint density at radius 1 is 1.19 bits per heavy atom. The summed E-state index contributed by atoms with van der Waals surface area (Å²) in [5, 5.41) is 12.2. The molecule has 1 amide bonds. The first-order valence-corrected chi connectivity index (χ1v) is 9.74. The molecule has 3 rings (SSSR count). The minimum atomic E-state index is -0.922. The molecule has 0 aliphatic carbocycles. The summed E-state index contributed by atoms with van der Waals surface area (Å²) in [6, 6.07) is 12.3. The van der Waals surface area contributed by atoms with E-state index in [0.717, 1.165) is 13.2 Å². The van der Waals surface area contributed by atoms with Gasteiger partial charge < -0.3 is 14.6 Å². The van der Waals surface area contributed by atoms with E-state index in [9.17, 15) is 24.0 Å². The second kappa shape index (κ2) is 9.45.